The summed E-state index contributed by atoms with van der Waals surface area (Å²) in [6.07, 6.45) is 0. The fraction of sp³-hybridized carbons (Fsp3) is 0.583. The van der Waals surface area contributed by atoms with Gasteiger partial charge in [-0.1, -0.05) is 0 Å². The van der Waals surface area contributed by atoms with Crippen LogP contribution in [0, 0.1) is 6.92 Å². The number of rotatable bonds is 5. The summed E-state index contributed by atoms with van der Waals surface area (Å²) in [7, 11) is 0. The lowest BCUT2D eigenvalue weighted by Crippen LogP contribution is -2.37. The highest BCUT2D eigenvalue weighted by Gasteiger charge is 2.22. The van der Waals surface area contributed by atoms with Gasteiger partial charge in [0, 0.05) is 21.8 Å². The minimum Gasteiger partial charge on any atom is -0.480 e. The first kappa shape index (κ1) is 13.2. The first-order valence-corrected chi connectivity index (χ1v) is 6.27. The van der Waals surface area contributed by atoms with Gasteiger partial charge in [-0.2, -0.15) is 0 Å². The number of carboxylic acids is 1. The maximum Gasteiger partial charge on any atom is 0.317 e. The van der Waals surface area contributed by atoms with Crippen molar-refractivity contribution < 1.29 is 9.90 Å². The van der Waals surface area contributed by atoms with Crippen molar-refractivity contribution in [2.75, 3.05) is 6.54 Å². The van der Waals surface area contributed by atoms with E-state index >= 15 is 0 Å². The molecule has 1 N–H and O–H groups in total. The van der Waals surface area contributed by atoms with Crippen LogP contribution >= 0.6 is 11.3 Å². The average molecular weight is 241 g/mol. The molecule has 0 aliphatic rings. The van der Waals surface area contributed by atoms with Gasteiger partial charge in [-0.25, -0.2) is 0 Å². The van der Waals surface area contributed by atoms with Crippen LogP contribution in [0.25, 0.3) is 0 Å². The molecule has 0 aromatic carbocycles. The molecule has 0 fully saturated rings. The molecule has 1 aromatic heterocycles. The zero-order valence-electron chi connectivity index (χ0n) is 10.2. The molecule has 0 bridgehead atoms. The van der Waals surface area contributed by atoms with Crippen LogP contribution in [0.15, 0.2) is 12.1 Å². The van der Waals surface area contributed by atoms with E-state index in [-0.39, 0.29) is 18.6 Å². The molecule has 1 atom stereocenters. The van der Waals surface area contributed by atoms with Crippen molar-refractivity contribution in [2.24, 2.45) is 0 Å². The van der Waals surface area contributed by atoms with Crippen LogP contribution in [0.3, 0.4) is 0 Å². The van der Waals surface area contributed by atoms with Crippen LogP contribution in [0.4, 0.5) is 0 Å². The largest absolute Gasteiger partial charge is 0.480 e. The second kappa shape index (κ2) is 5.46. The van der Waals surface area contributed by atoms with Crippen LogP contribution in [0.5, 0.6) is 0 Å². The molecule has 0 aliphatic carbocycles. The van der Waals surface area contributed by atoms with E-state index in [9.17, 15) is 4.79 Å². The van der Waals surface area contributed by atoms with E-state index in [1.807, 2.05) is 18.7 Å². The van der Waals surface area contributed by atoms with Crippen molar-refractivity contribution in [3.05, 3.63) is 21.9 Å². The van der Waals surface area contributed by atoms with Gasteiger partial charge in [-0.15, -0.1) is 11.3 Å². The molecule has 16 heavy (non-hydrogen) atoms. The van der Waals surface area contributed by atoms with E-state index in [1.54, 1.807) is 11.3 Å². The fourth-order valence-corrected chi connectivity index (χ4v) is 2.71. The minimum absolute atomic E-state index is 0.0930. The first-order valence-electron chi connectivity index (χ1n) is 5.45. The molecule has 1 unspecified atom stereocenters. The van der Waals surface area contributed by atoms with E-state index in [0.29, 0.717) is 0 Å². The molecule has 4 heteroatoms. The van der Waals surface area contributed by atoms with Gasteiger partial charge in [0.2, 0.25) is 0 Å². The van der Waals surface area contributed by atoms with Gasteiger partial charge < -0.3 is 5.11 Å². The number of hydrogen-bond donors (Lipinski definition) is 1. The van der Waals surface area contributed by atoms with Crippen molar-refractivity contribution >= 4 is 17.3 Å². The smallest absolute Gasteiger partial charge is 0.317 e. The van der Waals surface area contributed by atoms with Crippen LogP contribution in [0.2, 0.25) is 0 Å². The summed E-state index contributed by atoms with van der Waals surface area (Å²) in [6.45, 7) is 8.28. The number of aliphatic carboxylic acids is 1. The maximum absolute atomic E-state index is 10.8. The van der Waals surface area contributed by atoms with Gasteiger partial charge in [0.05, 0.1) is 6.54 Å². The molecular formula is C12H19NO2S. The molecule has 1 heterocycles. The zero-order chi connectivity index (χ0) is 12.3. The van der Waals surface area contributed by atoms with Crippen molar-refractivity contribution in [3.8, 4) is 0 Å². The predicted molar refractivity (Wildman–Crippen MR) is 66.9 cm³/mol. The molecule has 0 spiro atoms. The van der Waals surface area contributed by atoms with Gasteiger partial charge in [0.15, 0.2) is 0 Å². The van der Waals surface area contributed by atoms with Gasteiger partial charge in [0.25, 0.3) is 0 Å². The Morgan fingerprint density at radius 1 is 1.44 bits per heavy atom. The van der Waals surface area contributed by atoms with Crippen molar-refractivity contribution in [3.63, 3.8) is 0 Å². The lowest BCUT2D eigenvalue weighted by atomic mass is 10.2. The average Bonchev–Trinajstić information content (AvgIpc) is 2.59. The van der Waals surface area contributed by atoms with Gasteiger partial charge >= 0.3 is 5.97 Å². The topological polar surface area (TPSA) is 40.5 Å². The van der Waals surface area contributed by atoms with Crippen molar-refractivity contribution in [1.82, 2.24) is 4.90 Å². The molecular weight excluding hydrogens is 222 g/mol. The third-order valence-corrected chi connectivity index (χ3v) is 3.82. The highest BCUT2D eigenvalue weighted by molar-refractivity contribution is 7.12. The minimum atomic E-state index is -0.770. The summed E-state index contributed by atoms with van der Waals surface area (Å²) >= 11 is 1.73. The summed E-state index contributed by atoms with van der Waals surface area (Å²) in [5.74, 6) is -0.770. The monoisotopic (exact) mass is 241 g/mol. The number of nitrogens with zero attached hydrogens (tertiary/aromatic N) is 1. The van der Waals surface area contributed by atoms with Crippen LogP contribution in [0.1, 0.15) is 36.6 Å². The van der Waals surface area contributed by atoms with Gasteiger partial charge in [-0.05, 0) is 39.8 Å². The lowest BCUT2D eigenvalue weighted by Gasteiger charge is -2.30. The third-order valence-electron chi connectivity index (χ3n) is 2.65. The summed E-state index contributed by atoms with van der Waals surface area (Å²) < 4.78 is 0. The lowest BCUT2D eigenvalue weighted by molar-refractivity contribution is -0.139. The van der Waals surface area contributed by atoms with Gasteiger partial charge in [-0.3, -0.25) is 9.69 Å². The van der Waals surface area contributed by atoms with Crippen molar-refractivity contribution in [2.45, 2.75) is 39.8 Å². The fourth-order valence-electron chi connectivity index (χ4n) is 1.76. The molecule has 0 saturated carbocycles. The zero-order valence-corrected chi connectivity index (χ0v) is 11.0. The summed E-state index contributed by atoms with van der Waals surface area (Å²) in [5, 5.41) is 8.90. The standard InChI is InChI=1S/C12H19NO2S/c1-8(2)13(7-12(14)15)10(4)11-6-5-9(3)16-11/h5-6,8,10H,7H2,1-4H3,(H,14,15). The molecule has 90 valence electrons. The SMILES string of the molecule is Cc1ccc(C(C)N(CC(=O)O)C(C)C)s1. The van der Waals surface area contributed by atoms with E-state index in [0.717, 1.165) is 0 Å². The number of aryl methyl sites for hydroxylation is 1. The summed E-state index contributed by atoms with van der Waals surface area (Å²) in [5.41, 5.74) is 0. The Kier molecular flexibility index (Phi) is 4.50. The third kappa shape index (κ3) is 3.32. The molecule has 3 nitrogen and oxygen atoms in total. The Labute approximate surface area is 101 Å². The highest BCUT2D eigenvalue weighted by Crippen LogP contribution is 2.28. The summed E-state index contributed by atoms with van der Waals surface area (Å²) in [4.78, 5) is 15.3. The highest BCUT2D eigenvalue weighted by atomic mass is 32.1. The second-order valence-electron chi connectivity index (χ2n) is 4.28. The second-order valence-corrected chi connectivity index (χ2v) is 5.60. The number of thiophene rings is 1. The Bertz CT molecular complexity index is 360. The molecule has 0 amide bonds. The van der Waals surface area contributed by atoms with Crippen LogP contribution in [-0.4, -0.2) is 28.6 Å². The Balaban J connectivity index is 2.82. The number of carboxylic acid groups (broad SMARTS) is 1. The molecule has 1 aromatic rings. The quantitative estimate of drug-likeness (QED) is 0.861. The molecule has 0 radical (unpaired) electrons. The van der Waals surface area contributed by atoms with E-state index < -0.39 is 5.97 Å². The Morgan fingerprint density at radius 2 is 2.06 bits per heavy atom. The first-order chi connectivity index (χ1) is 7.41. The normalized spacial score (nSPS) is 13.4. The number of hydrogen-bond acceptors (Lipinski definition) is 3. The predicted octanol–water partition coefficient (Wildman–Crippen LogP) is 2.91. The van der Waals surface area contributed by atoms with E-state index in [2.05, 4.69) is 26.0 Å². The maximum atomic E-state index is 10.8. The Hall–Kier alpha value is -0.870. The Morgan fingerprint density at radius 3 is 2.44 bits per heavy atom. The van der Waals surface area contributed by atoms with Crippen molar-refractivity contribution in [1.29, 1.82) is 0 Å². The number of carbonyl (C=O) groups is 1. The van der Waals surface area contributed by atoms with E-state index in [1.165, 1.54) is 9.75 Å². The van der Waals surface area contributed by atoms with Gasteiger partial charge in [0.1, 0.15) is 0 Å². The van der Waals surface area contributed by atoms with E-state index in [4.69, 9.17) is 5.11 Å². The molecule has 1 rings (SSSR count). The molecule has 0 aliphatic heterocycles. The van der Waals surface area contributed by atoms with Crippen LogP contribution in [-0.2, 0) is 4.79 Å². The summed E-state index contributed by atoms with van der Waals surface area (Å²) in [6, 6.07) is 4.56. The molecule has 0 saturated heterocycles. The van der Waals surface area contributed by atoms with Crippen LogP contribution < -0.4 is 0 Å².